The fourth-order valence-electron chi connectivity index (χ4n) is 2.62. The molecule has 0 aromatic heterocycles. The van der Waals surface area contributed by atoms with Gasteiger partial charge >= 0.3 is 5.97 Å². The Hall–Kier alpha value is -2.82. The molecular weight excluding hydrogens is 306 g/mol. The zero-order valence-electron chi connectivity index (χ0n) is 13.1. The average Bonchev–Trinajstić information content (AvgIpc) is 3.43. The van der Waals surface area contributed by atoms with Gasteiger partial charge in [-0.2, -0.15) is 0 Å². The second-order valence-electron chi connectivity index (χ2n) is 5.87. The van der Waals surface area contributed by atoms with Gasteiger partial charge in [0.1, 0.15) is 11.8 Å². The summed E-state index contributed by atoms with van der Waals surface area (Å²) in [4.78, 5) is 23.2. The van der Waals surface area contributed by atoms with Crippen molar-refractivity contribution in [2.45, 2.75) is 18.9 Å². The maximum Gasteiger partial charge on any atom is 0.326 e. The standard InChI is InChI=1S/C19H19NO4/c21-17(20-18(19(22)23)14-10-11-14)12-24-16-9-5-4-8-15(16)13-6-2-1-3-7-13/h1-9,14,18H,10-12H2,(H,20,21)(H,22,23). The van der Waals surface area contributed by atoms with Gasteiger partial charge < -0.3 is 15.2 Å². The highest BCUT2D eigenvalue weighted by molar-refractivity contribution is 5.85. The number of para-hydroxylation sites is 1. The Balaban J connectivity index is 1.64. The molecule has 2 aromatic rings. The Bertz CT molecular complexity index is 725. The molecule has 124 valence electrons. The first kappa shape index (κ1) is 16.1. The van der Waals surface area contributed by atoms with Gasteiger partial charge in [0.15, 0.2) is 6.61 Å². The lowest BCUT2D eigenvalue weighted by atomic mass is 10.1. The molecule has 24 heavy (non-hydrogen) atoms. The summed E-state index contributed by atoms with van der Waals surface area (Å²) >= 11 is 0. The van der Waals surface area contributed by atoms with E-state index in [2.05, 4.69) is 5.32 Å². The molecule has 1 saturated carbocycles. The van der Waals surface area contributed by atoms with Gasteiger partial charge in [0.2, 0.25) is 0 Å². The van der Waals surface area contributed by atoms with Crippen LogP contribution in [0.5, 0.6) is 5.75 Å². The average molecular weight is 325 g/mol. The van der Waals surface area contributed by atoms with Crippen LogP contribution in [0.3, 0.4) is 0 Å². The maximum atomic E-state index is 12.0. The summed E-state index contributed by atoms with van der Waals surface area (Å²) in [6.45, 7) is -0.208. The van der Waals surface area contributed by atoms with Crippen LogP contribution < -0.4 is 10.1 Å². The quantitative estimate of drug-likeness (QED) is 0.821. The molecule has 1 fully saturated rings. The lowest BCUT2D eigenvalue weighted by molar-refractivity contribution is -0.142. The molecular formula is C19H19NO4. The molecule has 0 heterocycles. The van der Waals surface area contributed by atoms with E-state index in [0.29, 0.717) is 5.75 Å². The number of hydrogen-bond acceptors (Lipinski definition) is 3. The van der Waals surface area contributed by atoms with E-state index in [9.17, 15) is 9.59 Å². The number of carbonyl (C=O) groups excluding carboxylic acids is 1. The predicted molar refractivity (Wildman–Crippen MR) is 89.7 cm³/mol. The fraction of sp³-hybridized carbons (Fsp3) is 0.263. The molecule has 0 bridgehead atoms. The molecule has 0 radical (unpaired) electrons. The number of carboxylic acid groups (broad SMARTS) is 1. The highest BCUT2D eigenvalue weighted by Crippen LogP contribution is 2.33. The van der Waals surface area contributed by atoms with Crippen LogP contribution in [0.1, 0.15) is 12.8 Å². The number of carbonyl (C=O) groups is 2. The predicted octanol–water partition coefficient (Wildman–Crippen LogP) is 2.71. The second-order valence-corrected chi connectivity index (χ2v) is 5.87. The highest BCUT2D eigenvalue weighted by atomic mass is 16.5. The van der Waals surface area contributed by atoms with Crippen molar-refractivity contribution in [1.82, 2.24) is 5.32 Å². The van der Waals surface area contributed by atoms with Gasteiger partial charge in [-0.1, -0.05) is 48.5 Å². The van der Waals surface area contributed by atoms with Crippen molar-refractivity contribution in [1.29, 1.82) is 0 Å². The number of hydrogen-bond donors (Lipinski definition) is 2. The minimum absolute atomic E-state index is 0.0445. The summed E-state index contributed by atoms with van der Waals surface area (Å²) in [5.41, 5.74) is 1.89. The van der Waals surface area contributed by atoms with Crippen molar-refractivity contribution < 1.29 is 19.4 Å². The number of carboxylic acids is 1. The largest absolute Gasteiger partial charge is 0.483 e. The van der Waals surface area contributed by atoms with E-state index in [1.54, 1.807) is 6.07 Å². The van der Waals surface area contributed by atoms with Gasteiger partial charge in [-0.3, -0.25) is 4.79 Å². The van der Waals surface area contributed by atoms with Crippen molar-refractivity contribution >= 4 is 11.9 Å². The topological polar surface area (TPSA) is 75.6 Å². The van der Waals surface area contributed by atoms with Gasteiger partial charge in [-0.05, 0) is 30.4 Å². The monoisotopic (exact) mass is 325 g/mol. The van der Waals surface area contributed by atoms with Crippen molar-refractivity contribution in [2.75, 3.05) is 6.61 Å². The van der Waals surface area contributed by atoms with E-state index in [1.165, 1.54) is 0 Å². The number of benzene rings is 2. The van der Waals surface area contributed by atoms with Crippen molar-refractivity contribution in [2.24, 2.45) is 5.92 Å². The van der Waals surface area contributed by atoms with Crippen molar-refractivity contribution in [3.63, 3.8) is 0 Å². The number of amides is 1. The molecule has 2 N–H and O–H groups in total. The lowest BCUT2D eigenvalue weighted by Crippen LogP contribution is -2.44. The number of rotatable bonds is 7. The Labute approximate surface area is 140 Å². The van der Waals surface area contributed by atoms with Crippen LogP contribution in [0.25, 0.3) is 11.1 Å². The fourth-order valence-corrected chi connectivity index (χ4v) is 2.62. The van der Waals surface area contributed by atoms with E-state index < -0.39 is 17.9 Å². The molecule has 1 unspecified atom stereocenters. The van der Waals surface area contributed by atoms with Crippen LogP contribution in [0.2, 0.25) is 0 Å². The van der Waals surface area contributed by atoms with Crippen LogP contribution in [0.15, 0.2) is 54.6 Å². The van der Waals surface area contributed by atoms with E-state index in [1.807, 2.05) is 48.5 Å². The molecule has 1 atom stereocenters. The van der Waals surface area contributed by atoms with Crippen LogP contribution in [-0.2, 0) is 9.59 Å². The second kappa shape index (κ2) is 7.17. The van der Waals surface area contributed by atoms with E-state index >= 15 is 0 Å². The van der Waals surface area contributed by atoms with Crippen LogP contribution in [0.4, 0.5) is 0 Å². The summed E-state index contributed by atoms with van der Waals surface area (Å²) in [6, 6.07) is 16.4. The van der Waals surface area contributed by atoms with E-state index in [0.717, 1.165) is 24.0 Å². The molecule has 1 aliphatic rings. The molecule has 5 nitrogen and oxygen atoms in total. The van der Waals surface area contributed by atoms with Crippen LogP contribution in [0, 0.1) is 5.92 Å². The molecule has 0 spiro atoms. The number of nitrogens with one attached hydrogen (secondary N) is 1. The molecule has 0 aliphatic heterocycles. The summed E-state index contributed by atoms with van der Waals surface area (Å²) < 4.78 is 5.63. The number of ether oxygens (including phenoxy) is 1. The normalized spacial score (nSPS) is 14.7. The van der Waals surface area contributed by atoms with Gasteiger partial charge in [0, 0.05) is 5.56 Å². The zero-order valence-corrected chi connectivity index (χ0v) is 13.1. The summed E-state index contributed by atoms with van der Waals surface area (Å²) in [5, 5.41) is 11.7. The van der Waals surface area contributed by atoms with Gasteiger partial charge in [-0.15, -0.1) is 0 Å². The van der Waals surface area contributed by atoms with E-state index in [4.69, 9.17) is 9.84 Å². The minimum Gasteiger partial charge on any atom is -0.483 e. The molecule has 5 heteroatoms. The third-order valence-electron chi connectivity index (χ3n) is 4.01. The SMILES string of the molecule is O=C(COc1ccccc1-c1ccccc1)NC(C(=O)O)C1CC1. The first-order chi connectivity index (χ1) is 11.6. The van der Waals surface area contributed by atoms with E-state index in [-0.39, 0.29) is 12.5 Å². The first-order valence-corrected chi connectivity index (χ1v) is 7.94. The lowest BCUT2D eigenvalue weighted by Gasteiger charge is -2.15. The minimum atomic E-state index is -0.990. The van der Waals surface area contributed by atoms with Crippen molar-refractivity contribution in [3.8, 4) is 16.9 Å². The first-order valence-electron chi connectivity index (χ1n) is 7.94. The summed E-state index contributed by atoms with van der Waals surface area (Å²) in [5.74, 6) is -0.770. The highest BCUT2D eigenvalue weighted by Gasteiger charge is 2.37. The van der Waals surface area contributed by atoms with Crippen LogP contribution >= 0.6 is 0 Å². The van der Waals surface area contributed by atoms with Gasteiger partial charge in [-0.25, -0.2) is 4.79 Å². The Morgan fingerprint density at radius 3 is 2.42 bits per heavy atom. The molecule has 0 saturated heterocycles. The third kappa shape index (κ3) is 3.93. The molecule has 2 aromatic carbocycles. The molecule has 1 aliphatic carbocycles. The smallest absolute Gasteiger partial charge is 0.326 e. The summed E-state index contributed by atoms with van der Waals surface area (Å²) in [6.07, 6.45) is 1.68. The van der Waals surface area contributed by atoms with Crippen LogP contribution in [-0.4, -0.2) is 29.6 Å². The maximum absolute atomic E-state index is 12.0. The Kier molecular flexibility index (Phi) is 4.79. The van der Waals surface area contributed by atoms with Gasteiger partial charge in [0.25, 0.3) is 5.91 Å². The Morgan fingerprint density at radius 1 is 1.08 bits per heavy atom. The molecule has 1 amide bonds. The molecule has 3 rings (SSSR count). The third-order valence-corrected chi connectivity index (χ3v) is 4.01. The summed E-state index contributed by atoms with van der Waals surface area (Å²) in [7, 11) is 0. The van der Waals surface area contributed by atoms with Crippen molar-refractivity contribution in [3.05, 3.63) is 54.6 Å². The van der Waals surface area contributed by atoms with Gasteiger partial charge in [0.05, 0.1) is 0 Å². The Morgan fingerprint density at radius 2 is 1.75 bits per heavy atom. The zero-order chi connectivity index (χ0) is 16.9. The number of aliphatic carboxylic acids is 1.